The van der Waals surface area contributed by atoms with Crippen LogP contribution in [0.5, 0.6) is 0 Å². The molecule has 0 bridgehead atoms. The van der Waals surface area contributed by atoms with Crippen molar-refractivity contribution < 1.29 is 18.9 Å². The SMILES string of the molecule is Cc1cc(COP(=O)(O)O)c[nH]c1=O. The third-order valence-corrected chi connectivity index (χ3v) is 2.01. The third kappa shape index (κ3) is 3.43. The van der Waals surface area contributed by atoms with Gasteiger partial charge >= 0.3 is 7.82 Å². The Hall–Kier alpha value is -0.940. The van der Waals surface area contributed by atoms with Crippen LogP contribution in [-0.4, -0.2) is 14.8 Å². The van der Waals surface area contributed by atoms with Crippen LogP contribution in [-0.2, 0) is 15.7 Å². The lowest BCUT2D eigenvalue weighted by molar-refractivity contribution is 0.189. The predicted molar refractivity (Wildman–Crippen MR) is 48.6 cm³/mol. The van der Waals surface area contributed by atoms with Crippen LogP contribution in [0.4, 0.5) is 0 Å². The van der Waals surface area contributed by atoms with Crippen LogP contribution in [0.1, 0.15) is 11.1 Å². The molecule has 0 aliphatic carbocycles. The van der Waals surface area contributed by atoms with Crippen LogP contribution in [0.3, 0.4) is 0 Å². The van der Waals surface area contributed by atoms with Gasteiger partial charge in [0.15, 0.2) is 0 Å². The van der Waals surface area contributed by atoms with E-state index in [1.54, 1.807) is 6.92 Å². The first kappa shape index (κ1) is 11.1. The highest BCUT2D eigenvalue weighted by Gasteiger charge is 2.13. The monoisotopic (exact) mass is 219 g/mol. The van der Waals surface area contributed by atoms with Crippen LogP contribution < -0.4 is 5.56 Å². The molecule has 3 N–H and O–H groups in total. The molecule has 0 saturated carbocycles. The Balaban J connectivity index is 2.74. The summed E-state index contributed by atoms with van der Waals surface area (Å²) in [5.41, 5.74) is 0.743. The number of phosphoric ester groups is 1. The summed E-state index contributed by atoms with van der Waals surface area (Å²) in [5.74, 6) is 0. The maximum Gasteiger partial charge on any atom is 0.469 e. The number of hydrogen-bond donors (Lipinski definition) is 3. The molecule has 0 aliphatic rings. The van der Waals surface area contributed by atoms with E-state index >= 15 is 0 Å². The van der Waals surface area contributed by atoms with Crippen molar-refractivity contribution in [2.75, 3.05) is 0 Å². The average Bonchev–Trinajstić information content (AvgIpc) is 2.06. The van der Waals surface area contributed by atoms with Gasteiger partial charge in [0, 0.05) is 11.8 Å². The number of aromatic amines is 1. The summed E-state index contributed by atoms with van der Waals surface area (Å²) in [6.45, 7) is 1.36. The number of rotatable bonds is 3. The number of phosphoric acid groups is 1. The molecule has 0 spiro atoms. The van der Waals surface area contributed by atoms with Gasteiger partial charge in [-0.25, -0.2) is 4.57 Å². The molecule has 0 fully saturated rings. The standard InChI is InChI=1S/C7H10NO5P/c1-5-2-6(3-8-7(5)9)4-13-14(10,11)12/h2-3H,4H2,1H3,(H,8,9)(H2,10,11,12). The van der Waals surface area contributed by atoms with Gasteiger partial charge in [-0.3, -0.25) is 9.32 Å². The van der Waals surface area contributed by atoms with E-state index < -0.39 is 7.82 Å². The quantitative estimate of drug-likeness (QED) is 0.634. The van der Waals surface area contributed by atoms with E-state index in [-0.39, 0.29) is 12.2 Å². The molecule has 6 nitrogen and oxygen atoms in total. The molecule has 0 radical (unpaired) electrons. The average molecular weight is 219 g/mol. The molecule has 0 atom stereocenters. The third-order valence-electron chi connectivity index (χ3n) is 1.55. The van der Waals surface area contributed by atoms with Crippen LogP contribution in [0, 0.1) is 6.92 Å². The second kappa shape index (κ2) is 4.06. The van der Waals surface area contributed by atoms with Gasteiger partial charge in [-0.15, -0.1) is 0 Å². The van der Waals surface area contributed by atoms with E-state index in [0.29, 0.717) is 11.1 Å². The highest BCUT2D eigenvalue weighted by Crippen LogP contribution is 2.36. The maximum absolute atomic E-state index is 10.9. The summed E-state index contributed by atoms with van der Waals surface area (Å²) in [5, 5.41) is 0. The molecule has 0 aliphatic heterocycles. The summed E-state index contributed by atoms with van der Waals surface area (Å²) in [6.07, 6.45) is 1.35. The van der Waals surface area contributed by atoms with E-state index in [1.165, 1.54) is 12.3 Å². The second-order valence-corrected chi connectivity index (χ2v) is 4.02. The van der Waals surface area contributed by atoms with Crippen molar-refractivity contribution in [3.05, 3.63) is 33.7 Å². The number of H-pyrrole nitrogens is 1. The van der Waals surface area contributed by atoms with Crippen LogP contribution >= 0.6 is 7.82 Å². The molecule has 0 amide bonds. The Labute approximate surface area is 79.8 Å². The molecule has 1 aromatic rings. The van der Waals surface area contributed by atoms with Gasteiger partial charge in [-0.1, -0.05) is 0 Å². The Bertz CT molecular complexity index is 420. The second-order valence-electron chi connectivity index (χ2n) is 2.78. The van der Waals surface area contributed by atoms with E-state index in [0.717, 1.165) is 0 Å². The number of hydrogen-bond acceptors (Lipinski definition) is 3. The van der Waals surface area contributed by atoms with Crippen molar-refractivity contribution in [3.63, 3.8) is 0 Å². The predicted octanol–water partition coefficient (Wildman–Crippen LogP) is 0.293. The van der Waals surface area contributed by atoms with Crippen molar-refractivity contribution >= 4 is 7.82 Å². The zero-order chi connectivity index (χ0) is 10.8. The minimum atomic E-state index is -4.45. The first-order valence-corrected chi connectivity index (χ1v) is 5.30. The zero-order valence-electron chi connectivity index (χ0n) is 7.43. The smallest absolute Gasteiger partial charge is 0.329 e. The minimum Gasteiger partial charge on any atom is -0.329 e. The molecule has 0 aromatic carbocycles. The first-order valence-electron chi connectivity index (χ1n) is 3.77. The maximum atomic E-state index is 10.9. The number of aryl methyl sites for hydroxylation is 1. The zero-order valence-corrected chi connectivity index (χ0v) is 8.32. The fraction of sp³-hybridized carbons (Fsp3) is 0.286. The van der Waals surface area contributed by atoms with E-state index in [1.807, 2.05) is 0 Å². The van der Waals surface area contributed by atoms with E-state index in [4.69, 9.17) is 9.79 Å². The van der Waals surface area contributed by atoms with Gasteiger partial charge in [-0.05, 0) is 18.6 Å². The Morgan fingerprint density at radius 2 is 2.21 bits per heavy atom. The summed E-state index contributed by atoms with van der Waals surface area (Å²) >= 11 is 0. The molecule has 1 rings (SSSR count). The molecule has 0 unspecified atom stereocenters. The van der Waals surface area contributed by atoms with Crippen molar-refractivity contribution in [3.8, 4) is 0 Å². The molecule has 78 valence electrons. The fourth-order valence-corrected chi connectivity index (χ4v) is 1.22. The summed E-state index contributed by atoms with van der Waals surface area (Å²) in [7, 11) is -4.45. The topological polar surface area (TPSA) is 99.6 Å². The van der Waals surface area contributed by atoms with Gasteiger partial charge < -0.3 is 14.8 Å². The van der Waals surface area contributed by atoms with Crippen LogP contribution in [0.15, 0.2) is 17.1 Å². The molecule has 7 heteroatoms. The molecular weight excluding hydrogens is 209 g/mol. The van der Waals surface area contributed by atoms with Crippen molar-refractivity contribution in [1.82, 2.24) is 4.98 Å². The minimum absolute atomic E-state index is 0.232. The highest BCUT2D eigenvalue weighted by molar-refractivity contribution is 7.46. The Kier molecular flexibility index (Phi) is 3.23. The highest BCUT2D eigenvalue weighted by atomic mass is 31.2. The molecule has 1 heterocycles. The van der Waals surface area contributed by atoms with Crippen LogP contribution in [0.25, 0.3) is 0 Å². The van der Waals surface area contributed by atoms with Gasteiger partial charge in [0.05, 0.1) is 6.61 Å². The van der Waals surface area contributed by atoms with Crippen molar-refractivity contribution in [2.24, 2.45) is 0 Å². The van der Waals surface area contributed by atoms with Gasteiger partial charge in [0.25, 0.3) is 5.56 Å². The van der Waals surface area contributed by atoms with Crippen LogP contribution in [0.2, 0.25) is 0 Å². The number of pyridine rings is 1. The first-order chi connectivity index (χ1) is 6.38. The lowest BCUT2D eigenvalue weighted by Crippen LogP contribution is -2.09. The lowest BCUT2D eigenvalue weighted by Gasteiger charge is -2.04. The molecule has 1 aromatic heterocycles. The Morgan fingerprint density at radius 3 is 2.71 bits per heavy atom. The molecule has 14 heavy (non-hydrogen) atoms. The number of aromatic nitrogens is 1. The van der Waals surface area contributed by atoms with E-state index in [2.05, 4.69) is 9.51 Å². The summed E-state index contributed by atoms with van der Waals surface area (Å²) < 4.78 is 14.6. The molecule has 0 saturated heterocycles. The largest absolute Gasteiger partial charge is 0.469 e. The fourth-order valence-electron chi connectivity index (χ4n) is 0.899. The number of nitrogens with one attached hydrogen (secondary N) is 1. The van der Waals surface area contributed by atoms with E-state index in [9.17, 15) is 9.36 Å². The summed E-state index contributed by atoms with van der Waals surface area (Å²) in [4.78, 5) is 30.2. The Morgan fingerprint density at radius 1 is 1.57 bits per heavy atom. The molecular formula is C7H10NO5P. The lowest BCUT2D eigenvalue weighted by atomic mass is 10.2. The van der Waals surface area contributed by atoms with Gasteiger partial charge in [0.2, 0.25) is 0 Å². The van der Waals surface area contributed by atoms with Crippen molar-refractivity contribution in [1.29, 1.82) is 0 Å². The van der Waals surface area contributed by atoms with Gasteiger partial charge in [0.1, 0.15) is 0 Å². The van der Waals surface area contributed by atoms with Gasteiger partial charge in [-0.2, -0.15) is 0 Å². The normalized spacial score (nSPS) is 11.6. The summed E-state index contributed by atoms with van der Waals surface area (Å²) in [6, 6.07) is 1.51. The van der Waals surface area contributed by atoms with Crippen molar-refractivity contribution in [2.45, 2.75) is 13.5 Å².